The molecule has 3 unspecified atom stereocenters. The molecule has 2 rings (SSSR count). The van der Waals surface area contributed by atoms with Crippen LogP contribution in [0, 0.1) is 5.92 Å². The standard InChI is InChI=1S/C16H27N3O3/c1-16(21,13-9-18-19(2)10-13)11-17-15(20)8-12-5-4-6-14(7-12)22-3/h9-10,12,14,21H,4-8,11H2,1-3H3,(H,17,20). The molecular weight excluding hydrogens is 282 g/mol. The van der Waals surface area contributed by atoms with Crippen LogP contribution in [0.25, 0.3) is 0 Å². The van der Waals surface area contributed by atoms with Gasteiger partial charge in [0.2, 0.25) is 5.91 Å². The van der Waals surface area contributed by atoms with E-state index in [0.29, 0.717) is 17.9 Å². The molecule has 1 aromatic rings. The molecule has 0 aliphatic heterocycles. The number of nitrogens with zero attached hydrogens (tertiary/aromatic N) is 2. The molecule has 0 spiro atoms. The second-order valence-corrected chi connectivity index (χ2v) is 6.55. The van der Waals surface area contributed by atoms with E-state index in [2.05, 4.69) is 10.4 Å². The van der Waals surface area contributed by atoms with Gasteiger partial charge in [-0.05, 0) is 32.1 Å². The zero-order valence-corrected chi connectivity index (χ0v) is 13.7. The molecule has 1 aliphatic carbocycles. The minimum absolute atomic E-state index is 0.00841. The maximum atomic E-state index is 12.1. The number of carbonyl (C=O) groups is 1. The van der Waals surface area contributed by atoms with Crippen molar-refractivity contribution in [1.82, 2.24) is 15.1 Å². The molecule has 1 heterocycles. The molecule has 0 saturated heterocycles. The predicted octanol–water partition coefficient (Wildman–Crippen LogP) is 1.34. The number of aryl methyl sites for hydroxylation is 1. The number of amides is 1. The van der Waals surface area contributed by atoms with E-state index < -0.39 is 5.60 Å². The van der Waals surface area contributed by atoms with Crippen molar-refractivity contribution in [1.29, 1.82) is 0 Å². The summed E-state index contributed by atoms with van der Waals surface area (Å²) < 4.78 is 7.03. The minimum atomic E-state index is -1.11. The van der Waals surface area contributed by atoms with Gasteiger partial charge in [-0.3, -0.25) is 9.48 Å². The topological polar surface area (TPSA) is 76.4 Å². The number of carbonyl (C=O) groups excluding carboxylic acids is 1. The first-order valence-corrected chi connectivity index (χ1v) is 7.91. The first-order chi connectivity index (χ1) is 10.4. The van der Waals surface area contributed by atoms with Crippen LogP contribution in [0.1, 0.15) is 44.6 Å². The molecule has 0 aromatic carbocycles. The molecule has 6 heteroatoms. The highest BCUT2D eigenvalue weighted by atomic mass is 16.5. The highest BCUT2D eigenvalue weighted by Crippen LogP contribution is 2.28. The Kier molecular flexibility index (Phi) is 5.58. The third-order valence-corrected chi connectivity index (χ3v) is 4.50. The van der Waals surface area contributed by atoms with E-state index >= 15 is 0 Å². The molecule has 1 saturated carbocycles. The smallest absolute Gasteiger partial charge is 0.220 e. The normalized spacial score (nSPS) is 24.7. The lowest BCUT2D eigenvalue weighted by Gasteiger charge is -2.28. The maximum absolute atomic E-state index is 12.1. The number of aliphatic hydroxyl groups is 1. The van der Waals surface area contributed by atoms with Gasteiger partial charge in [0.15, 0.2) is 0 Å². The number of aromatic nitrogens is 2. The summed E-state index contributed by atoms with van der Waals surface area (Å²) >= 11 is 0. The Balaban J connectivity index is 1.79. The molecule has 124 valence electrons. The van der Waals surface area contributed by atoms with Gasteiger partial charge < -0.3 is 15.2 Å². The summed E-state index contributed by atoms with van der Waals surface area (Å²) in [7, 11) is 3.53. The average Bonchev–Trinajstić information content (AvgIpc) is 2.93. The van der Waals surface area contributed by atoms with Gasteiger partial charge >= 0.3 is 0 Å². The quantitative estimate of drug-likeness (QED) is 0.831. The minimum Gasteiger partial charge on any atom is -0.383 e. The van der Waals surface area contributed by atoms with Crippen LogP contribution in [0.2, 0.25) is 0 Å². The number of hydrogen-bond donors (Lipinski definition) is 2. The predicted molar refractivity (Wildman–Crippen MR) is 83.2 cm³/mol. The maximum Gasteiger partial charge on any atom is 0.220 e. The largest absolute Gasteiger partial charge is 0.383 e. The second kappa shape index (κ2) is 7.24. The van der Waals surface area contributed by atoms with E-state index in [4.69, 9.17) is 4.74 Å². The molecule has 0 radical (unpaired) electrons. The number of methoxy groups -OCH3 is 1. The molecule has 22 heavy (non-hydrogen) atoms. The summed E-state index contributed by atoms with van der Waals surface area (Å²) in [6.45, 7) is 1.88. The van der Waals surface area contributed by atoms with Crippen LogP contribution in [-0.4, -0.2) is 40.6 Å². The highest BCUT2D eigenvalue weighted by Gasteiger charge is 2.27. The fraction of sp³-hybridized carbons (Fsp3) is 0.750. The molecule has 1 aromatic heterocycles. The zero-order chi connectivity index (χ0) is 16.2. The molecule has 1 fully saturated rings. The summed E-state index contributed by atoms with van der Waals surface area (Å²) in [5, 5.41) is 17.3. The Bertz CT molecular complexity index is 499. The third-order valence-electron chi connectivity index (χ3n) is 4.50. The number of nitrogens with one attached hydrogen (secondary N) is 1. The Morgan fingerprint density at radius 2 is 2.36 bits per heavy atom. The van der Waals surface area contributed by atoms with Gasteiger partial charge in [0.05, 0.1) is 18.8 Å². The molecule has 0 bridgehead atoms. The van der Waals surface area contributed by atoms with Crippen LogP contribution in [-0.2, 0) is 22.2 Å². The average molecular weight is 309 g/mol. The van der Waals surface area contributed by atoms with Crippen molar-refractivity contribution in [3.05, 3.63) is 18.0 Å². The first kappa shape index (κ1) is 17.0. The van der Waals surface area contributed by atoms with Crippen LogP contribution in [0.3, 0.4) is 0 Å². The van der Waals surface area contributed by atoms with Crippen molar-refractivity contribution >= 4 is 5.91 Å². The molecule has 1 amide bonds. The Labute approximate surface area is 131 Å². The van der Waals surface area contributed by atoms with Crippen LogP contribution in [0.15, 0.2) is 12.4 Å². The highest BCUT2D eigenvalue weighted by molar-refractivity contribution is 5.76. The summed E-state index contributed by atoms with van der Waals surface area (Å²) in [5.41, 5.74) is -0.404. The van der Waals surface area contributed by atoms with Gasteiger partial charge in [0.1, 0.15) is 5.60 Å². The molecule has 2 N–H and O–H groups in total. The summed E-state index contributed by atoms with van der Waals surface area (Å²) in [6.07, 6.45) is 8.39. The summed E-state index contributed by atoms with van der Waals surface area (Å²) in [6, 6.07) is 0. The van der Waals surface area contributed by atoms with Crippen LogP contribution in [0.4, 0.5) is 0 Å². The van der Waals surface area contributed by atoms with Gasteiger partial charge in [-0.25, -0.2) is 0 Å². The lowest BCUT2D eigenvalue weighted by Crippen LogP contribution is -2.39. The molecule has 1 aliphatic rings. The second-order valence-electron chi connectivity index (χ2n) is 6.55. The van der Waals surface area contributed by atoms with E-state index in [-0.39, 0.29) is 18.6 Å². The van der Waals surface area contributed by atoms with Crippen molar-refractivity contribution in [3.63, 3.8) is 0 Å². The van der Waals surface area contributed by atoms with Gasteiger partial charge in [-0.2, -0.15) is 5.10 Å². The van der Waals surface area contributed by atoms with Crippen molar-refractivity contribution in [2.24, 2.45) is 13.0 Å². The van der Waals surface area contributed by atoms with Crippen molar-refractivity contribution in [2.75, 3.05) is 13.7 Å². The van der Waals surface area contributed by atoms with Crippen molar-refractivity contribution in [2.45, 2.75) is 50.7 Å². The van der Waals surface area contributed by atoms with Crippen molar-refractivity contribution < 1.29 is 14.6 Å². The SMILES string of the molecule is COC1CCCC(CC(=O)NCC(C)(O)c2cnn(C)c2)C1. The van der Waals surface area contributed by atoms with Gasteiger partial charge in [-0.15, -0.1) is 0 Å². The Hall–Kier alpha value is -1.40. The Morgan fingerprint density at radius 1 is 1.59 bits per heavy atom. The first-order valence-electron chi connectivity index (χ1n) is 7.91. The van der Waals surface area contributed by atoms with Crippen LogP contribution >= 0.6 is 0 Å². The fourth-order valence-electron chi connectivity index (χ4n) is 3.05. The zero-order valence-electron chi connectivity index (χ0n) is 13.7. The van der Waals surface area contributed by atoms with Gasteiger partial charge in [0.25, 0.3) is 0 Å². The van der Waals surface area contributed by atoms with Crippen LogP contribution < -0.4 is 5.32 Å². The summed E-state index contributed by atoms with van der Waals surface area (Å²) in [4.78, 5) is 12.1. The molecular formula is C16H27N3O3. The molecule has 6 nitrogen and oxygen atoms in total. The lowest BCUT2D eigenvalue weighted by molar-refractivity contribution is -0.123. The van der Waals surface area contributed by atoms with Crippen molar-refractivity contribution in [3.8, 4) is 0 Å². The molecule has 3 atom stereocenters. The summed E-state index contributed by atoms with van der Waals surface area (Å²) in [5.74, 6) is 0.368. The number of rotatable bonds is 6. The van der Waals surface area contributed by atoms with Gasteiger partial charge in [-0.1, -0.05) is 6.42 Å². The van der Waals surface area contributed by atoms with Crippen LogP contribution in [0.5, 0.6) is 0 Å². The van der Waals surface area contributed by atoms with E-state index in [1.165, 1.54) is 0 Å². The van der Waals surface area contributed by atoms with Gasteiger partial charge in [0, 0.05) is 32.3 Å². The number of ether oxygens (including phenoxy) is 1. The monoisotopic (exact) mass is 309 g/mol. The third kappa shape index (κ3) is 4.55. The fourth-order valence-corrected chi connectivity index (χ4v) is 3.05. The van der Waals surface area contributed by atoms with E-state index in [1.807, 2.05) is 0 Å². The number of hydrogen-bond acceptors (Lipinski definition) is 4. The van der Waals surface area contributed by atoms with E-state index in [0.717, 1.165) is 25.7 Å². The van der Waals surface area contributed by atoms with E-state index in [1.54, 1.807) is 38.2 Å². The Morgan fingerprint density at radius 3 is 3.00 bits per heavy atom. The van der Waals surface area contributed by atoms with E-state index in [9.17, 15) is 9.90 Å². The lowest BCUT2D eigenvalue weighted by atomic mass is 9.85.